The minimum Gasteiger partial charge on any atom is -0.283 e. The number of halogens is 1. The van der Waals surface area contributed by atoms with Crippen LogP contribution in [0.2, 0.25) is 5.02 Å². The molecule has 3 aromatic heterocycles. The van der Waals surface area contributed by atoms with Crippen LogP contribution >= 0.6 is 47.3 Å². The first-order valence-electron chi connectivity index (χ1n) is 12.3. The van der Waals surface area contributed by atoms with Gasteiger partial charge in [-0.25, -0.2) is 9.67 Å². The molecule has 0 bridgehead atoms. The first kappa shape index (κ1) is 27.3. The third kappa shape index (κ3) is 4.84. The average Bonchev–Trinajstić information content (AvgIpc) is 3.36. The van der Waals surface area contributed by atoms with Crippen LogP contribution in [0.25, 0.3) is 17.4 Å². The molecule has 0 atom stereocenters. The van der Waals surface area contributed by atoms with Gasteiger partial charge < -0.3 is 0 Å². The van der Waals surface area contributed by atoms with E-state index < -0.39 is 5.91 Å². The number of amides is 1. The molecule has 204 valence electrons. The molecule has 1 aliphatic rings. The summed E-state index contributed by atoms with van der Waals surface area (Å²) in [5, 5.41) is 1.02. The number of thiocarbonyl (C=S) groups is 1. The number of anilines is 1. The van der Waals surface area contributed by atoms with Crippen molar-refractivity contribution in [3.8, 4) is 5.69 Å². The molecule has 6 rings (SSSR count). The highest BCUT2D eigenvalue weighted by Crippen LogP contribution is 2.38. The number of rotatable bonds is 5. The number of carbonyl (C=O) groups is 1. The molecule has 0 N–H and O–H groups in total. The maximum Gasteiger partial charge on any atom is 0.296 e. The van der Waals surface area contributed by atoms with E-state index in [9.17, 15) is 14.4 Å². The number of hydrogen-bond acceptors (Lipinski definition) is 7. The number of carbonyl (C=O) groups excluding carboxylic acids is 1. The highest BCUT2D eigenvalue weighted by molar-refractivity contribution is 8.27. The molecular formula is C29H20ClN5O3S3. The largest absolute Gasteiger partial charge is 0.296 e. The maximum atomic E-state index is 13.8. The standard InChI is InChI=1S/C29H20ClN5O3S3/c1-17-24(28(38)35(32(17)2)19-8-4-3-5-9-19)34-27(37)22(41-29(34)39)16-21-25(40-20-13-11-18(30)12-14-20)31-23-10-6-7-15-33(23)26(21)36/h3-16H,1-2H3. The van der Waals surface area contributed by atoms with Gasteiger partial charge in [-0.05, 0) is 61.5 Å². The Bertz CT molecular complexity index is 2010. The van der Waals surface area contributed by atoms with Crippen molar-refractivity contribution in [1.29, 1.82) is 0 Å². The molecule has 2 aromatic carbocycles. The number of benzene rings is 2. The Morgan fingerprint density at radius 3 is 2.39 bits per heavy atom. The fourth-order valence-corrected chi connectivity index (χ4v) is 6.77. The zero-order valence-corrected chi connectivity index (χ0v) is 24.9. The third-order valence-corrected chi connectivity index (χ3v) is 9.15. The summed E-state index contributed by atoms with van der Waals surface area (Å²) in [4.78, 5) is 48.1. The van der Waals surface area contributed by atoms with E-state index in [-0.39, 0.29) is 31.6 Å². The SMILES string of the molecule is Cc1c(N2C(=O)C(=Cc3c(Sc4ccc(Cl)cc4)nc4ccccn4c3=O)SC2=S)c(=O)n(-c2ccccc2)n1C. The van der Waals surface area contributed by atoms with Crippen LogP contribution in [0.3, 0.4) is 0 Å². The van der Waals surface area contributed by atoms with Gasteiger partial charge in [0.2, 0.25) is 0 Å². The van der Waals surface area contributed by atoms with E-state index in [4.69, 9.17) is 28.8 Å². The van der Waals surface area contributed by atoms with Crippen LogP contribution in [-0.4, -0.2) is 29.0 Å². The van der Waals surface area contributed by atoms with Crippen LogP contribution in [-0.2, 0) is 11.8 Å². The fraction of sp³-hybridized carbons (Fsp3) is 0.0690. The molecular weight excluding hydrogens is 598 g/mol. The smallest absolute Gasteiger partial charge is 0.283 e. The van der Waals surface area contributed by atoms with Gasteiger partial charge in [-0.15, -0.1) is 0 Å². The summed E-state index contributed by atoms with van der Waals surface area (Å²) in [6, 6.07) is 21.6. The Morgan fingerprint density at radius 1 is 0.951 bits per heavy atom. The second-order valence-electron chi connectivity index (χ2n) is 9.05. The van der Waals surface area contributed by atoms with Gasteiger partial charge in [0.1, 0.15) is 16.4 Å². The van der Waals surface area contributed by atoms with Crippen LogP contribution in [0.4, 0.5) is 5.69 Å². The highest BCUT2D eigenvalue weighted by atomic mass is 35.5. The van der Waals surface area contributed by atoms with Crippen LogP contribution in [0.15, 0.2) is 103 Å². The van der Waals surface area contributed by atoms with E-state index in [1.165, 1.54) is 31.8 Å². The van der Waals surface area contributed by atoms with Crippen molar-refractivity contribution >= 4 is 75.0 Å². The zero-order valence-electron chi connectivity index (χ0n) is 21.6. The van der Waals surface area contributed by atoms with Crippen LogP contribution in [0.5, 0.6) is 0 Å². The Labute approximate surface area is 252 Å². The maximum absolute atomic E-state index is 13.8. The number of nitrogens with zero attached hydrogens (tertiary/aromatic N) is 5. The van der Waals surface area contributed by atoms with Crippen molar-refractivity contribution in [2.45, 2.75) is 16.8 Å². The monoisotopic (exact) mass is 617 g/mol. The molecule has 4 heterocycles. The summed E-state index contributed by atoms with van der Waals surface area (Å²) in [5.41, 5.74) is 1.41. The minimum absolute atomic E-state index is 0.173. The summed E-state index contributed by atoms with van der Waals surface area (Å²) in [5.74, 6) is -0.481. The predicted octanol–water partition coefficient (Wildman–Crippen LogP) is 5.70. The van der Waals surface area contributed by atoms with Gasteiger partial charge in [-0.1, -0.05) is 71.6 Å². The lowest BCUT2D eigenvalue weighted by Gasteiger charge is -2.12. The van der Waals surface area contributed by atoms with Gasteiger partial charge in [0.15, 0.2) is 4.32 Å². The van der Waals surface area contributed by atoms with E-state index in [1.54, 1.807) is 55.2 Å². The van der Waals surface area contributed by atoms with E-state index in [1.807, 2.05) is 42.5 Å². The van der Waals surface area contributed by atoms with Crippen molar-refractivity contribution in [3.05, 3.63) is 121 Å². The summed E-state index contributed by atoms with van der Waals surface area (Å²) < 4.78 is 4.81. The van der Waals surface area contributed by atoms with Crippen LogP contribution in [0, 0.1) is 6.92 Å². The van der Waals surface area contributed by atoms with Gasteiger partial charge in [0, 0.05) is 23.2 Å². The zero-order chi connectivity index (χ0) is 28.8. The van der Waals surface area contributed by atoms with Crippen molar-refractivity contribution in [2.24, 2.45) is 7.05 Å². The van der Waals surface area contributed by atoms with E-state index in [0.29, 0.717) is 27.1 Å². The molecule has 0 radical (unpaired) electrons. The lowest BCUT2D eigenvalue weighted by atomic mass is 10.2. The molecule has 0 unspecified atom stereocenters. The van der Waals surface area contributed by atoms with Gasteiger partial charge in [0.25, 0.3) is 17.0 Å². The number of pyridine rings is 1. The quantitative estimate of drug-likeness (QED) is 0.142. The van der Waals surface area contributed by atoms with E-state index >= 15 is 0 Å². The number of hydrogen-bond donors (Lipinski definition) is 0. The Morgan fingerprint density at radius 2 is 1.66 bits per heavy atom. The van der Waals surface area contributed by atoms with Crippen molar-refractivity contribution in [1.82, 2.24) is 18.7 Å². The normalized spacial score (nSPS) is 14.5. The van der Waals surface area contributed by atoms with E-state index in [0.717, 1.165) is 16.7 Å². The number of para-hydroxylation sites is 1. The first-order valence-corrected chi connectivity index (χ1v) is 14.7. The van der Waals surface area contributed by atoms with Crippen molar-refractivity contribution < 1.29 is 4.79 Å². The number of fused-ring (bicyclic) bond motifs is 1. The molecule has 5 aromatic rings. The van der Waals surface area contributed by atoms with Gasteiger partial charge >= 0.3 is 0 Å². The van der Waals surface area contributed by atoms with Crippen LogP contribution < -0.4 is 16.0 Å². The lowest BCUT2D eigenvalue weighted by Crippen LogP contribution is -2.33. The van der Waals surface area contributed by atoms with Crippen molar-refractivity contribution in [3.63, 3.8) is 0 Å². The highest BCUT2D eigenvalue weighted by Gasteiger charge is 2.38. The molecule has 41 heavy (non-hydrogen) atoms. The first-order chi connectivity index (χ1) is 19.7. The minimum atomic E-state index is -0.481. The summed E-state index contributed by atoms with van der Waals surface area (Å²) in [6.07, 6.45) is 3.14. The summed E-state index contributed by atoms with van der Waals surface area (Å²) in [7, 11) is 1.75. The van der Waals surface area contributed by atoms with Gasteiger partial charge in [-0.3, -0.25) is 28.4 Å². The molecule has 0 saturated carbocycles. The van der Waals surface area contributed by atoms with Crippen LogP contribution in [0.1, 0.15) is 11.3 Å². The lowest BCUT2D eigenvalue weighted by molar-refractivity contribution is -0.113. The van der Waals surface area contributed by atoms with Gasteiger partial charge in [0.05, 0.1) is 21.8 Å². The molecule has 0 spiro atoms. The topological polar surface area (TPSA) is 81.6 Å². The second kappa shape index (κ2) is 10.8. The number of aromatic nitrogens is 4. The molecule has 1 amide bonds. The van der Waals surface area contributed by atoms with E-state index in [2.05, 4.69) is 0 Å². The predicted molar refractivity (Wildman–Crippen MR) is 168 cm³/mol. The molecule has 0 aliphatic carbocycles. The Kier molecular flexibility index (Phi) is 7.20. The molecule has 1 fully saturated rings. The molecule has 1 aliphatic heterocycles. The summed E-state index contributed by atoms with van der Waals surface area (Å²) in [6.45, 7) is 1.76. The Hall–Kier alpha value is -3.90. The Balaban J connectivity index is 1.46. The molecule has 8 nitrogen and oxygen atoms in total. The molecule has 1 saturated heterocycles. The van der Waals surface area contributed by atoms with Gasteiger partial charge in [-0.2, -0.15) is 0 Å². The summed E-state index contributed by atoms with van der Waals surface area (Å²) >= 11 is 14.0. The van der Waals surface area contributed by atoms with Crippen molar-refractivity contribution in [2.75, 3.05) is 4.90 Å². The number of thioether (sulfide) groups is 1. The fourth-order valence-electron chi connectivity index (χ4n) is 4.50. The average molecular weight is 618 g/mol. The second-order valence-corrected chi connectivity index (χ2v) is 12.2. The third-order valence-electron chi connectivity index (χ3n) is 6.58. The molecule has 12 heteroatoms.